The maximum absolute atomic E-state index is 11.6. The zero-order chi connectivity index (χ0) is 18.5. The second-order valence-corrected chi connectivity index (χ2v) is 5.45. The van der Waals surface area contributed by atoms with Gasteiger partial charge in [-0.3, -0.25) is 10.1 Å². The van der Waals surface area contributed by atoms with Gasteiger partial charge in [-0.1, -0.05) is 11.6 Å². The molecule has 0 radical (unpaired) electrons. The molecule has 0 aliphatic heterocycles. The number of hydrogen-bond acceptors (Lipinski definition) is 8. The Morgan fingerprint density at radius 1 is 1.04 bits per heavy atom. The van der Waals surface area contributed by atoms with Crippen LogP contribution in [0, 0.1) is 10.1 Å². The van der Waals surface area contributed by atoms with Crippen LogP contribution in [0.5, 0.6) is 5.75 Å². The smallest absolute Gasteiger partial charge is 0.353 e. The van der Waals surface area contributed by atoms with Crippen LogP contribution in [0.15, 0.2) is 48.9 Å². The van der Waals surface area contributed by atoms with Crippen molar-refractivity contribution in [1.29, 1.82) is 0 Å². The summed E-state index contributed by atoms with van der Waals surface area (Å²) in [5.41, 5.74) is 0.309. The number of rotatable bonds is 6. The molecule has 0 fully saturated rings. The van der Waals surface area contributed by atoms with E-state index in [-0.39, 0.29) is 17.3 Å². The third-order valence-corrected chi connectivity index (χ3v) is 3.56. The molecule has 0 saturated carbocycles. The molecule has 3 rings (SSSR count). The number of anilines is 4. The van der Waals surface area contributed by atoms with E-state index in [1.807, 2.05) is 0 Å². The minimum absolute atomic E-state index is 0.0100. The number of pyridine rings is 1. The maximum atomic E-state index is 11.6. The van der Waals surface area contributed by atoms with Crippen molar-refractivity contribution in [3.63, 3.8) is 0 Å². The number of methoxy groups -OCH3 is 1. The maximum Gasteiger partial charge on any atom is 0.353 e. The average molecular weight is 373 g/mol. The van der Waals surface area contributed by atoms with Crippen LogP contribution in [0.4, 0.5) is 28.8 Å². The molecule has 0 spiro atoms. The van der Waals surface area contributed by atoms with Gasteiger partial charge in [-0.15, -0.1) is 0 Å². The van der Waals surface area contributed by atoms with Gasteiger partial charge in [0.05, 0.1) is 17.1 Å². The van der Waals surface area contributed by atoms with Crippen LogP contribution in [-0.2, 0) is 0 Å². The lowest BCUT2D eigenvalue weighted by Crippen LogP contribution is -2.06. The minimum atomic E-state index is -0.565. The van der Waals surface area contributed by atoms with Crippen molar-refractivity contribution in [3.8, 4) is 5.75 Å². The largest absolute Gasteiger partial charge is 0.497 e. The zero-order valence-electron chi connectivity index (χ0n) is 13.5. The number of benzene rings is 1. The highest BCUT2D eigenvalue weighted by atomic mass is 35.5. The molecule has 0 saturated heterocycles. The van der Waals surface area contributed by atoms with Gasteiger partial charge < -0.3 is 15.4 Å². The van der Waals surface area contributed by atoms with Crippen molar-refractivity contribution in [2.45, 2.75) is 0 Å². The molecular formula is C16H13ClN6O3. The lowest BCUT2D eigenvalue weighted by Gasteiger charge is -2.10. The highest BCUT2D eigenvalue weighted by Crippen LogP contribution is 2.32. The number of aromatic nitrogens is 3. The molecule has 9 nitrogen and oxygen atoms in total. The Hall–Kier alpha value is -3.46. The molecular weight excluding hydrogens is 360 g/mol. The van der Waals surface area contributed by atoms with E-state index in [1.54, 1.807) is 43.5 Å². The second-order valence-electron chi connectivity index (χ2n) is 5.02. The number of halogens is 1. The van der Waals surface area contributed by atoms with Crippen molar-refractivity contribution in [2.75, 3.05) is 17.7 Å². The molecule has 2 heterocycles. The second kappa shape index (κ2) is 7.62. The van der Waals surface area contributed by atoms with Crippen molar-refractivity contribution in [1.82, 2.24) is 15.0 Å². The van der Waals surface area contributed by atoms with Gasteiger partial charge in [0.1, 0.15) is 17.9 Å². The molecule has 0 atom stereocenters. The highest BCUT2D eigenvalue weighted by Gasteiger charge is 2.23. The van der Waals surface area contributed by atoms with Gasteiger partial charge in [0.15, 0.2) is 0 Å². The van der Waals surface area contributed by atoms with E-state index in [0.29, 0.717) is 22.3 Å². The quantitative estimate of drug-likeness (QED) is 0.494. The van der Waals surface area contributed by atoms with Crippen LogP contribution in [-0.4, -0.2) is 27.0 Å². The molecule has 2 N–H and O–H groups in total. The predicted octanol–water partition coefficient (Wildman–Crippen LogP) is 3.93. The van der Waals surface area contributed by atoms with Crippen molar-refractivity contribution >= 4 is 40.4 Å². The molecule has 0 aliphatic rings. The van der Waals surface area contributed by atoms with Crippen LogP contribution in [0.3, 0.4) is 0 Å². The Labute approximate surface area is 153 Å². The summed E-state index contributed by atoms with van der Waals surface area (Å²) in [6.07, 6.45) is 2.64. The summed E-state index contributed by atoms with van der Waals surface area (Å²) in [6, 6.07) is 10.1. The summed E-state index contributed by atoms with van der Waals surface area (Å²) < 4.78 is 5.09. The summed E-state index contributed by atoms with van der Waals surface area (Å²) in [7, 11) is 1.56. The molecule has 3 aromatic rings. The summed E-state index contributed by atoms with van der Waals surface area (Å²) in [4.78, 5) is 23.0. The van der Waals surface area contributed by atoms with E-state index < -0.39 is 4.92 Å². The Balaban J connectivity index is 1.92. The summed E-state index contributed by atoms with van der Waals surface area (Å²) in [5.74, 6) is 1.10. The van der Waals surface area contributed by atoms with Gasteiger partial charge in [0.2, 0.25) is 11.6 Å². The van der Waals surface area contributed by atoms with E-state index in [2.05, 4.69) is 25.6 Å². The van der Waals surface area contributed by atoms with Crippen molar-refractivity contribution in [2.24, 2.45) is 0 Å². The molecule has 26 heavy (non-hydrogen) atoms. The van der Waals surface area contributed by atoms with Gasteiger partial charge in [0.25, 0.3) is 0 Å². The fraction of sp³-hybridized carbons (Fsp3) is 0.0625. The first-order chi connectivity index (χ1) is 12.6. The Bertz CT molecular complexity index is 918. The molecule has 1 aromatic carbocycles. The topological polar surface area (TPSA) is 115 Å². The fourth-order valence-electron chi connectivity index (χ4n) is 2.12. The molecule has 0 bridgehead atoms. The van der Waals surface area contributed by atoms with E-state index in [4.69, 9.17) is 16.3 Å². The van der Waals surface area contributed by atoms with Crippen LogP contribution in [0.25, 0.3) is 0 Å². The first-order valence-corrected chi connectivity index (χ1v) is 7.73. The SMILES string of the molecule is COc1ccc(Nc2ncnc(Nc3ccc(Cl)cn3)c2[N+](=O)[O-])cc1. The molecule has 0 aliphatic carbocycles. The standard InChI is InChI=1S/C16H13ClN6O3/c1-26-12-5-3-11(4-6-12)21-15-14(23(24)25)16(20-9-19-15)22-13-7-2-10(17)8-18-13/h2-9H,1H3,(H2,18,19,20,21,22). The lowest BCUT2D eigenvalue weighted by atomic mass is 10.3. The van der Waals surface area contributed by atoms with E-state index in [0.717, 1.165) is 0 Å². The van der Waals surface area contributed by atoms with Gasteiger partial charge in [-0.05, 0) is 36.4 Å². The van der Waals surface area contributed by atoms with E-state index in [1.165, 1.54) is 12.5 Å². The number of ether oxygens (including phenoxy) is 1. The van der Waals surface area contributed by atoms with Crippen molar-refractivity contribution < 1.29 is 9.66 Å². The van der Waals surface area contributed by atoms with Crippen molar-refractivity contribution in [3.05, 3.63) is 64.1 Å². The predicted molar refractivity (Wildman–Crippen MR) is 97.5 cm³/mol. The number of hydrogen-bond donors (Lipinski definition) is 2. The number of nitrogens with one attached hydrogen (secondary N) is 2. The van der Waals surface area contributed by atoms with Crippen LogP contribution in [0.1, 0.15) is 0 Å². The van der Waals surface area contributed by atoms with Gasteiger partial charge in [0, 0.05) is 11.9 Å². The third kappa shape index (κ3) is 3.95. The Morgan fingerprint density at radius 2 is 1.73 bits per heavy atom. The Kier molecular flexibility index (Phi) is 5.09. The molecule has 132 valence electrons. The summed E-state index contributed by atoms with van der Waals surface area (Å²) in [5, 5.41) is 17.7. The summed E-state index contributed by atoms with van der Waals surface area (Å²) in [6.45, 7) is 0. The first-order valence-electron chi connectivity index (χ1n) is 7.36. The minimum Gasteiger partial charge on any atom is -0.497 e. The van der Waals surface area contributed by atoms with Gasteiger partial charge >= 0.3 is 5.69 Å². The fourth-order valence-corrected chi connectivity index (χ4v) is 2.23. The molecule has 0 amide bonds. The summed E-state index contributed by atoms with van der Waals surface area (Å²) >= 11 is 5.79. The molecule has 0 unspecified atom stereocenters. The van der Waals surface area contributed by atoms with Crippen LogP contribution >= 0.6 is 11.6 Å². The van der Waals surface area contributed by atoms with E-state index in [9.17, 15) is 10.1 Å². The average Bonchev–Trinajstić information content (AvgIpc) is 2.64. The molecule has 2 aromatic heterocycles. The van der Waals surface area contributed by atoms with E-state index >= 15 is 0 Å². The monoisotopic (exact) mass is 372 g/mol. The normalized spacial score (nSPS) is 10.2. The lowest BCUT2D eigenvalue weighted by molar-refractivity contribution is -0.383. The Morgan fingerprint density at radius 3 is 2.31 bits per heavy atom. The third-order valence-electron chi connectivity index (χ3n) is 3.33. The number of nitro groups is 1. The highest BCUT2D eigenvalue weighted by molar-refractivity contribution is 6.30. The van der Waals surface area contributed by atoms with Crippen LogP contribution < -0.4 is 15.4 Å². The van der Waals surface area contributed by atoms with Gasteiger partial charge in [-0.2, -0.15) is 0 Å². The number of nitrogens with zero attached hydrogens (tertiary/aromatic N) is 4. The van der Waals surface area contributed by atoms with Crippen LogP contribution in [0.2, 0.25) is 5.02 Å². The first kappa shape index (κ1) is 17.4. The van der Waals surface area contributed by atoms with Gasteiger partial charge in [-0.25, -0.2) is 15.0 Å². The molecule has 10 heteroatoms. The zero-order valence-corrected chi connectivity index (χ0v) is 14.3.